The van der Waals surface area contributed by atoms with Crippen LogP contribution in [0.25, 0.3) is 5.69 Å². The van der Waals surface area contributed by atoms with E-state index in [2.05, 4.69) is 20.7 Å². The fourth-order valence-electron chi connectivity index (χ4n) is 3.23. The lowest BCUT2D eigenvalue weighted by Gasteiger charge is -2.28. The Bertz CT molecular complexity index is 1050. The van der Waals surface area contributed by atoms with Gasteiger partial charge in [-0.15, -0.1) is 10.2 Å². The first-order valence-electron chi connectivity index (χ1n) is 10.00. The van der Waals surface area contributed by atoms with Gasteiger partial charge in [-0.25, -0.2) is 4.39 Å². The summed E-state index contributed by atoms with van der Waals surface area (Å²) >= 11 is 1.27. The monoisotopic (exact) mass is 446 g/mol. The van der Waals surface area contributed by atoms with Crippen molar-refractivity contribution in [2.75, 3.05) is 36.5 Å². The molecule has 0 spiro atoms. The molecule has 31 heavy (non-hydrogen) atoms. The van der Waals surface area contributed by atoms with Crippen LogP contribution in [0.15, 0.2) is 40.0 Å². The van der Waals surface area contributed by atoms with Crippen molar-refractivity contribution in [3.8, 4) is 5.69 Å². The van der Waals surface area contributed by atoms with Gasteiger partial charge in [0.1, 0.15) is 11.6 Å². The van der Waals surface area contributed by atoms with Crippen molar-refractivity contribution in [2.45, 2.75) is 30.7 Å². The molecule has 1 amide bonds. The van der Waals surface area contributed by atoms with Crippen molar-refractivity contribution in [1.29, 1.82) is 0 Å². The third-order valence-electron chi connectivity index (χ3n) is 4.77. The summed E-state index contributed by atoms with van der Waals surface area (Å²) < 4.78 is 26.2. The van der Waals surface area contributed by atoms with E-state index in [0.717, 1.165) is 0 Å². The molecule has 164 valence electrons. The van der Waals surface area contributed by atoms with E-state index >= 15 is 0 Å². The Kier molecular flexibility index (Phi) is 6.52. The van der Waals surface area contributed by atoms with Gasteiger partial charge in [0.25, 0.3) is 0 Å². The van der Waals surface area contributed by atoms with Crippen LogP contribution in [-0.4, -0.2) is 57.4 Å². The summed E-state index contributed by atoms with van der Waals surface area (Å²) in [5, 5.41) is 15.3. The molecule has 2 aromatic heterocycles. The molecule has 1 saturated heterocycles. The molecule has 1 aliphatic heterocycles. The van der Waals surface area contributed by atoms with E-state index in [1.165, 1.54) is 23.9 Å². The molecule has 0 bridgehead atoms. The Morgan fingerprint density at radius 2 is 2.10 bits per heavy atom. The summed E-state index contributed by atoms with van der Waals surface area (Å²) in [6.45, 7) is 6.13. The maximum absolute atomic E-state index is 14.0. The fraction of sp³-hybridized carbons (Fsp3) is 0.400. The predicted molar refractivity (Wildman–Crippen MR) is 114 cm³/mol. The van der Waals surface area contributed by atoms with Gasteiger partial charge < -0.3 is 19.5 Å². The van der Waals surface area contributed by atoms with Crippen molar-refractivity contribution in [3.05, 3.63) is 41.9 Å². The molecule has 0 radical (unpaired) electrons. The molecular formula is C20H23FN6O3S. The lowest BCUT2D eigenvalue weighted by molar-refractivity contribution is -0.115. The highest BCUT2D eigenvalue weighted by molar-refractivity contribution is 8.00. The average Bonchev–Trinajstić information content (AvgIpc) is 3.38. The fourth-order valence-corrected chi connectivity index (χ4v) is 4.20. The molecule has 1 atom stereocenters. The number of amides is 1. The first-order valence-corrected chi connectivity index (χ1v) is 10.9. The van der Waals surface area contributed by atoms with Crippen LogP contribution in [0.4, 0.5) is 16.2 Å². The zero-order valence-corrected chi connectivity index (χ0v) is 18.1. The van der Waals surface area contributed by atoms with Gasteiger partial charge in [0.05, 0.1) is 24.2 Å². The summed E-state index contributed by atoms with van der Waals surface area (Å²) in [5.41, 5.74) is 0.594. The maximum Gasteiger partial charge on any atom is 0.239 e. The molecule has 3 aromatic rings. The molecule has 0 saturated carbocycles. The van der Waals surface area contributed by atoms with Gasteiger partial charge in [0.15, 0.2) is 11.0 Å². The van der Waals surface area contributed by atoms with Gasteiger partial charge in [-0.1, -0.05) is 29.9 Å². The molecule has 1 N–H and O–H groups in total. The first-order chi connectivity index (χ1) is 15.0. The number of thioether (sulfide) groups is 1. The van der Waals surface area contributed by atoms with Gasteiger partial charge in [-0.05, 0) is 31.5 Å². The molecule has 11 heteroatoms. The normalized spacial score (nSPS) is 15.1. The highest BCUT2D eigenvalue weighted by atomic mass is 32.2. The van der Waals surface area contributed by atoms with Crippen LogP contribution in [-0.2, 0) is 9.53 Å². The number of morpholine rings is 1. The Morgan fingerprint density at radius 1 is 1.29 bits per heavy atom. The van der Waals surface area contributed by atoms with E-state index in [1.807, 2.05) is 11.8 Å². The summed E-state index contributed by atoms with van der Waals surface area (Å²) in [5.74, 6) is 0.988. The quantitative estimate of drug-likeness (QED) is 0.553. The molecule has 1 fully saturated rings. The minimum Gasteiger partial charge on any atom is -0.378 e. The van der Waals surface area contributed by atoms with Crippen LogP contribution < -0.4 is 10.2 Å². The molecule has 1 aromatic carbocycles. The van der Waals surface area contributed by atoms with Crippen LogP contribution in [0, 0.1) is 12.7 Å². The van der Waals surface area contributed by atoms with Gasteiger partial charge in [0.2, 0.25) is 11.9 Å². The number of carbonyl (C=O) groups excluding carboxylic acids is 1. The van der Waals surface area contributed by atoms with Crippen molar-refractivity contribution in [3.63, 3.8) is 0 Å². The summed E-state index contributed by atoms with van der Waals surface area (Å²) in [4.78, 5) is 14.9. The summed E-state index contributed by atoms with van der Waals surface area (Å²) in [6, 6.07) is 7.90. The molecule has 4 rings (SSSR count). The van der Waals surface area contributed by atoms with E-state index in [-0.39, 0.29) is 11.7 Å². The Hall–Kier alpha value is -2.92. The number of ether oxygens (including phenoxy) is 1. The maximum atomic E-state index is 14.0. The number of hydrogen-bond donors (Lipinski definition) is 1. The SMILES string of the molecule is CCC(Sc1nnc(N2CCOCC2)n1-c1cccc(F)c1)C(=O)Nc1cc(C)on1. The second-order valence-corrected chi connectivity index (χ2v) is 8.19. The number of benzene rings is 1. The standard InChI is InChI=1S/C20H23FN6O3S/c1-3-16(18(28)22-17-11-13(2)30-25-17)31-20-24-23-19(26-7-9-29-10-8-26)27(20)15-6-4-5-14(21)12-15/h4-6,11-12,16H,3,7-10H2,1-2H3,(H,22,25,28). The number of anilines is 2. The Balaban J connectivity index is 1.63. The number of halogens is 1. The number of carbonyl (C=O) groups is 1. The number of nitrogens with one attached hydrogen (secondary N) is 1. The minimum absolute atomic E-state index is 0.220. The van der Waals surface area contributed by atoms with Crippen LogP contribution >= 0.6 is 11.8 Å². The highest BCUT2D eigenvalue weighted by Gasteiger charge is 2.26. The predicted octanol–water partition coefficient (Wildman–Crippen LogP) is 3.05. The van der Waals surface area contributed by atoms with Crippen molar-refractivity contribution in [1.82, 2.24) is 19.9 Å². The number of aryl methyl sites for hydroxylation is 1. The molecule has 1 unspecified atom stereocenters. The molecular weight excluding hydrogens is 423 g/mol. The third kappa shape index (κ3) is 4.88. The molecule has 1 aliphatic rings. The van der Waals surface area contributed by atoms with Gasteiger partial charge in [-0.2, -0.15) is 0 Å². The van der Waals surface area contributed by atoms with Crippen LogP contribution in [0.5, 0.6) is 0 Å². The summed E-state index contributed by atoms with van der Waals surface area (Å²) in [7, 11) is 0. The van der Waals surface area contributed by atoms with Gasteiger partial charge in [0, 0.05) is 19.2 Å². The van der Waals surface area contributed by atoms with E-state index in [0.29, 0.717) is 61.1 Å². The van der Waals surface area contributed by atoms with Gasteiger partial charge in [-0.3, -0.25) is 9.36 Å². The minimum atomic E-state index is -0.453. The van der Waals surface area contributed by atoms with Crippen LogP contribution in [0.3, 0.4) is 0 Å². The van der Waals surface area contributed by atoms with Gasteiger partial charge >= 0.3 is 0 Å². The molecule has 0 aliphatic carbocycles. The number of nitrogens with zero attached hydrogens (tertiary/aromatic N) is 5. The molecule has 3 heterocycles. The lowest BCUT2D eigenvalue weighted by Crippen LogP contribution is -2.38. The summed E-state index contributed by atoms with van der Waals surface area (Å²) in [6.07, 6.45) is 0.552. The van der Waals surface area contributed by atoms with E-state index < -0.39 is 5.25 Å². The van der Waals surface area contributed by atoms with Crippen LogP contribution in [0.2, 0.25) is 0 Å². The van der Waals surface area contributed by atoms with Crippen LogP contribution in [0.1, 0.15) is 19.1 Å². The first kappa shape index (κ1) is 21.3. The van der Waals surface area contributed by atoms with E-state index in [9.17, 15) is 9.18 Å². The largest absolute Gasteiger partial charge is 0.378 e. The number of rotatable bonds is 7. The zero-order chi connectivity index (χ0) is 21.8. The molecule has 9 nitrogen and oxygen atoms in total. The van der Waals surface area contributed by atoms with Crippen molar-refractivity contribution >= 4 is 29.4 Å². The average molecular weight is 447 g/mol. The van der Waals surface area contributed by atoms with E-state index in [1.54, 1.807) is 29.7 Å². The van der Waals surface area contributed by atoms with E-state index in [4.69, 9.17) is 9.26 Å². The smallest absolute Gasteiger partial charge is 0.239 e. The number of aromatic nitrogens is 4. The lowest BCUT2D eigenvalue weighted by atomic mass is 10.3. The number of hydrogen-bond acceptors (Lipinski definition) is 8. The topological polar surface area (TPSA) is 98.3 Å². The highest BCUT2D eigenvalue weighted by Crippen LogP contribution is 2.31. The van der Waals surface area contributed by atoms with Crippen molar-refractivity contribution in [2.24, 2.45) is 0 Å². The Morgan fingerprint density at radius 3 is 2.77 bits per heavy atom. The Labute approximate surface area is 182 Å². The second kappa shape index (κ2) is 9.48. The second-order valence-electron chi connectivity index (χ2n) is 7.02. The van der Waals surface area contributed by atoms with Crippen molar-refractivity contribution < 1.29 is 18.4 Å². The zero-order valence-electron chi connectivity index (χ0n) is 17.2. The third-order valence-corrected chi connectivity index (χ3v) is 6.07.